The predicted molar refractivity (Wildman–Crippen MR) is 87.4 cm³/mol. The maximum Gasteiger partial charge on any atom is 0.321 e. The van der Waals surface area contributed by atoms with Gasteiger partial charge in [0.2, 0.25) is 0 Å². The van der Waals surface area contributed by atoms with Crippen LogP contribution in [0.4, 0.5) is 10.5 Å². The lowest BCUT2D eigenvalue weighted by molar-refractivity contribution is 0.154. The molecule has 2 fully saturated rings. The fourth-order valence-corrected chi connectivity index (χ4v) is 4.35. The summed E-state index contributed by atoms with van der Waals surface area (Å²) in [6, 6.07) is 4.78. The highest BCUT2D eigenvalue weighted by Crippen LogP contribution is 2.38. The van der Waals surface area contributed by atoms with Crippen molar-refractivity contribution in [3.8, 4) is 0 Å². The molecule has 2 amide bonds. The molecule has 23 heavy (non-hydrogen) atoms. The summed E-state index contributed by atoms with van der Waals surface area (Å²) in [4.78, 5) is 14.5. The molecule has 0 aromatic heterocycles. The van der Waals surface area contributed by atoms with Crippen molar-refractivity contribution in [2.24, 2.45) is 5.41 Å². The van der Waals surface area contributed by atoms with Crippen LogP contribution in [0.2, 0.25) is 0 Å². The van der Waals surface area contributed by atoms with Gasteiger partial charge in [-0.05, 0) is 37.5 Å². The third kappa shape index (κ3) is 3.35. The fraction of sp³-hybridized carbons (Fsp3) is 0.562. The van der Waals surface area contributed by atoms with Gasteiger partial charge in [0.05, 0.1) is 11.5 Å². The van der Waals surface area contributed by atoms with Crippen molar-refractivity contribution in [2.75, 3.05) is 37.9 Å². The van der Waals surface area contributed by atoms with E-state index in [-0.39, 0.29) is 16.3 Å². The van der Waals surface area contributed by atoms with Crippen LogP contribution >= 0.6 is 0 Å². The summed E-state index contributed by atoms with van der Waals surface area (Å²) >= 11 is 0. The zero-order valence-corrected chi connectivity index (χ0v) is 14.3. The van der Waals surface area contributed by atoms with E-state index in [1.807, 2.05) is 0 Å². The number of likely N-dealkylation sites (tertiary alicyclic amines) is 1. The van der Waals surface area contributed by atoms with E-state index in [2.05, 4.69) is 5.32 Å². The highest BCUT2D eigenvalue weighted by Gasteiger charge is 2.42. The minimum atomic E-state index is -3.31. The standard InChI is InChI=1S/C16H22N2O4S/c1-12-3-4-13(9-14(12)23(2,20)21)17-15(19)18-7-5-16(10-18)6-8-22-11-16/h3-4,9H,5-8,10-11H2,1-2H3,(H,17,19). The van der Waals surface area contributed by atoms with Crippen LogP contribution in [0.1, 0.15) is 18.4 Å². The van der Waals surface area contributed by atoms with Crippen LogP contribution in [0.5, 0.6) is 0 Å². The van der Waals surface area contributed by atoms with Gasteiger partial charge in [-0.15, -0.1) is 0 Å². The second-order valence-corrected chi connectivity index (χ2v) is 8.64. The Morgan fingerprint density at radius 1 is 1.35 bits per heavy atom. The van der Waals surface area contributed by atoms with Gasteiger partial charge in [-0.3, -0.25) is 0 Å². The van der Waals surface area contributed by atoms with Gasteiger partial charge < -0.3 is 15.0 Å². The normalized spacial score (nSPS) is 24.3. The van der Waals surface area contributed by atoms with Crippen molar-refractivity contribution in [3.05, 3.63) is 23.8 Å². The van der Waals surface area contributed by atoms with Gasteiger partial charge in [-0.1, -0.05) is 6.07 Å². The van der Waals surface area contributed by atoms with E-state index >= 15 is 0 Å². The van der Waals surface area contributed by atoms with Crippen LogP contribution in [-0.4, -0.2) is 51.9 Å². The smallest absolute Gasteiger partial charge is 0.321 e. The van der Waals surface area contributed by atoms with E-state index in [1.165, 1.54) is 12.3 Å². The van der Waals surface area contributed by atoms with Crippen LogP contribution in [0.3, 0.4) is 0 Å². The Kier molecular flexibility index (Phi) is 4.10. The maximum atomic E-state index is 12.4. The molecule has 126 valence electrons. The van der Waals surface area contributed by atoms with Gasteiger partial charge in [0.25, 0.3) is 0 Å². The van der Waals surface area contributed by atoms with Crippen molar-refractivity contribution in [2.45, 2.75) is 24.7 Å². The Balaban J connectivity index is 1.71. The van der Waals surface area contributed by atoms with Crippen molar-refractivity contribution in [1.82, 2.24) is 4.90 Å². The van der Waals surface area contributed by atoms with Crippen molar-refractivity contribution in [1.29, 1.82) is 0 Å². The average Bonchev–Trinajstić information content (AvgIpc) is 3.10. The number of amides is 2. The summed E-state index contributed by atoms with van der Waals surface area (Å²) in [5.41, 5.74) is 1.29. The molecule has 0 radical (unpaired) electrons. The molecule has 0 saturated carbocycles. The SMILES string of the molecule is Cc1ccc(NC(=O)N2CCC3(CCOC3)C2)cc1S(C)(=O)=O. The van der Waals surface area contributed by atoms with Gasteiger partial charge in [-0.2, -0.15) is 0 Å². The summed E-state index contributed by atoms with van der Waals surface area (Å²) in [5, 5.41) is 2.81. The Hall–Kier alpha value is -1.60. The van der Waals surface area contributed by atoms with E-state index in [0.29, 0.717) is 24.3 Å². The summed E-state index contributed by atoms with van der Waals surface area (Å²) in [7, 11) is -3.31. The third-order valence-electron chi connectivity index (χ3n) is 4.75. The largest absolute Gasteiger partial charge is 0.381 e. The lowest BCUT2D eigenvalue weighted by atomic mass is 9.87. The highest BCUT2D eigenvalue weighted by atomic mass is 32.2. The first kappa shape index (κ1) is 16.3. The molecule has 7 heteroatoms. The van der Waals surface area contributed by atoms with E-state index in [4.69, 9.17) is 4.74 Å². The third-order valence-corrected chi connectivity index (χ3v) is 5.99. The zero-order chi connectivity index (χ0) is 16.7. The molecule has 2 aliphatic rings. The number of hydrogen-bond acceptors (Lipinski definition) is 4. The number of aryl methyl sites for hydroxylation is 1. The molecule has 1 unspecified atom stereocenters. The summed E-state index contributed by atoms with van der Waals surface area (Å²) < 4.78 is 29.0. The summed E-state index contributed by atoms with van der Waals surface area (Å²) in [5.74, 6) is 0. The molecule has 1 aromatic carbocycles. The number of ether oxygens (including phenoxy) is 1. The molecule has 3 rings (SSSR count). The quantitative estimate of drug-likeness (QED) is 0.895. The number of anilines is 1. The monoisotopic (exact) mass is 338 g/mol. The topological polar surface area (TPSA) is 75.7 Å². The van der Waals surface area contributed by atoms with Gasteiger partial charge in [0, 0.05) is 37.1 Å². The van der Waals surface area contributed by atoms with E-state index in [9.17, 15) is 13.2 Å². The molecule has 2 heterocycles. The molecule has 2 aliphatic heterocycles. The van der Waals surface area contributed by atoms with Gasteiger partial charge in [-0.25, -0.2) is 13.2 Å². The second-order valence-electron chi connectivity index (χ2n) is 6.66. The zero-order valence-electron chi connectivity index (χ0n) is 13.5. The van der Waals surface area contributed by atoms with Gasteiger partial charge >= 0.3 is 6.03 Å². The Labute approximate surface area is 136 Å². The van der Waals surface area contributed by atoms with Crippen LogP contribution in [0.15, 0.2) is 23.1 Å². The predicted octanol–water partition coefficient (Wildman–Crippen LogP) is 2.04. The molecular formula is C16H22N2O4S. The Morgan fingerprint density at radius 3 is 2.78 bits per heavy atom. The lowest BCUT2D eigenvalue weighted by Crippen LogP contribution is -2.35. The van der Waals surface area contributed by atoms with E-state index < -0.39 is 9.84 Å². The van der Waals surface area contributed by atoms with Crippen molar-refractivity contribution >= 4 is 21.6 Å². The molecule has 0 bridgehead atoms. The van der Waals surface area contributed by atoms with Crippen LogP contribution < -0.4 is 5.32 Å². The Morgan fingerprint density at radius 2 is 2.13 bits per heavy atom. The fourth-order valence-electron chi connectivity index (χ4n) is 3.36. The first-order valence-corrected chi connectivity index (χ1v) is 9.63. The lowest BCUT2D eigenvalue weighted by Gasteiger charge is -2.22. The first-order chi connectivity index (χ1) is 10.8. The van der Waals surface area contributed by atoms with E-state index in [1.54, 1.807) is 24.0 Å². The molecular weight excluding hydrogens is 316 g/mol. The van der Waals surface area contributed by atoms with Crippen LogP contribution in [0, 0.1) is 12.3 Å². The average molecular weight is 338 g/mol. The molecule has 1 spiro atoms. The molecule has 1 aromatic rings. The molecule has 0 aliphatic carbocycles. The van der Waals surface area contributed by atoms with Crippen LogP contribution in [-0.2, 0) is 14.6 Å². The maximum absolute atomic E-state index is 12.4. The number of carbonyl (C=O) groups excluding carboxylic acids is 1. The minimum absolute atomic E-state index is 0.114. The van der Waals surface area contributed by atoms with Crippen molar-refractivity contribution in [3.63, 3.8) is 0 Å². The number of urea groups is 1. The molecule has 1 atom stereocenters. The number of carbonyl (C=O) groups is 1. The summed E-state index contributed by atoms with van der Waals surface area (Å²) in [6.07, 6.45) is 3.13. The minimum Gasteiger partial charge on any atom is -0.381 e. The Bertz CT molecular complexity index is 724. The van der Waals surface area contributed by atoms with Crippen molar-refractivity contribution < 1.29 is 17.9 Å². The first-order valence-electron chi connectivity index (χ1n) is 7.74. The number of nitrogens with one attached hydrogen (secondary N) is 1. The number of benzene rings is 1. The van der Waals surface area contributed by atoms with Gasteiger partial charge in [0.1, 0.15) is 0 Å². The van der Waals surface area contributed by atoms with E-state index in [0.717, 1.165) is 26.1 Å². The van der Waals surface area contributed by atoms with Gasteiger partial charge in [0.15, 0.2) is 9.84 Å². The van der Waals surface area contributed by atoms with Crippen LogP contribution in [0.25, 0.3) is 0 Å². The highest BCUT2D eigenvalue weighted by molar-refractivity contribution is 7.90. The molecule has 2 saturated heterocycles. The number of rotatable bonds is 2. The number of sulfone groups is 1. The number of nitrogens with zero attached hydrogens (tertiary/aromatic N) is 1. The number of hydrogen-bond donors (Lipinski definition) is 1. The second kappa shape index (κ2) is 5.79. The molecule has 6 nitrogen and oxygen atoms in total. The summed E-state index contributed by atoms with van der Waals surface area (Å²) in [6.45, 7) is 4.64. The molecule has 1 N–H and O–H groups in total.